The third-order valence-corrected chi connectivity index (χ3v) is 6.15. The Labute approximate surface area is 194 Å². The quantitative estimate of drug-likeness (QED) is 0.391. The molecule has 0 spiro atoms. The second-order valence-electron chi connectivity index (χ2n) is 7.79. The van der Waals surface area contributed by atoms with Gasteiger partial charge in [0.25, 0.3) is 0 Å². The van der Waals surface area contributed by atoms with Crippen molar-refractivity contribution in [2.75, 3.05) is 4.90 Å². The predicted octanol–water partition coefficient (Wildman–Crippen LogP) is 5.42. The summed E-state index contributed by atoms with van der Waals surface area (Å²) in [6.45, 7) is 0.203. The Kier molecular flexibility index (Phi) is 5.09. The molecule has 34 heavy (non-hydrogen) atoms. The molecule has 0 aliphatic carbocycles. The highest BCUT2D eigenvalue weighted by molar-refractivity contribution is 6.31. The maximum Gasteiger partial charge on any atom is 0.341 e. The fraction of sp³-hybridized carbons (Fsp3) is 0.0833. The van der Waals surface area contributed by atoms with Crippen molar-refractivity contribution >= 4 is 34.2 Å². The number of aromatic nitrogens is 1. The molecule has 5 nitrogen and oxygen atoms in total. The van der Waals surface area contributed by atoms with Gasteiger partial charge in [-0.3, -0.25) is 4.79 Å². The lowest BCUT2D eigenvalue weighted by Crippen LogP contribution is -2.23. The zero-order valence-electron chi connectivity index (χ0n) is 17.1. The van der Waals surface area contributed by atoms with Crippen LogP contribution in [0.1, 0.15) is 21.5 Å². The number of aromatic carboxylic acids is 1. The minimum Gasteiger partial charge on any atom is -0.477 e. The molecule has 10 heteroatoms. The van der Waals surface area contributed by atoms with Crippen LogP contribution in [-0.2, 0) is 13.1 Å². The average molecular weight is 489 g/mol. The molecule has 0 radical (unpaired) electrons. The third kappa shape index (κ3) is 3.31. The van der Waals surface area contributed by atoms with E-state index in [0.29, 0.717) is 16.7 Å². The first-order valence-electron chi connectivity index (χ1n) is 9.94. The highest BCUT2D eigenvalue weighted by Gasteiger charge is 2.30. The molecular formula is C24H13ClF4N2O3. The monoisotopic (exact) mass is 488 g/mol. The van der Waals surface area contributed by atoms with Crippen molar-refractivity contribution in [2.45, 2.75) is 13.1 Å². The van der Waals surface area contributed by atoms with E-state index in [-0.39, 0.29) is 13.1 Å². The first-order chi connectivity index (χ1) is 16.2. The van der Waals surface area contributed by atoms with E-state index >= 15 is 8.78 Å². The fourth-order valence-corrected chi connectivity index (χ4v) is 4.51. The van der Waals surface area contributed by atoms with Gasteiger partial charge in [-0.2, -0.15) is 0 Å². The van der Waals surface area contributed by atoms with Gasteiger partial charge in [0, 0.05) is 30.4 Å². The van der Waals surface area contributed by atoms with Gasteiger partial charge in [-0.1, -0.05) is 23.7 Å². The largest absolute Gasteiger partial charge is 0.477 e. The maximum atomic E-state index is 16.0. The number of anilines is 1. The third-order valence-electron chi connectivity index (χ3n) is 5.80. The summed E-state index contributed by atoms with van der Waals surface area (Å²) in [5.74, 6) is -6.01. The van der Waals surface area contributed by atoms with E-state index in [2.05, 4.69) is 0 Å². The van der Waals surface area contributed by atoms with Gasteiger partial charge in [-0.05, 0) is 35.4 Å². The van der Waals surface area contributed by atoms with Crippen LogP contribution < -0.4 is 10.3 Å². The van der Waals surface area contributed by atoms with Crippen molar-refractivity contribution in [3.8, 4) is 5.69 Å². The predicted molar refractivity (Wildman–Crippen MR) is 118 cm³/mol. The topological polar surface area (TPSA) is 62.5 Å². The highest BCUT2D eigenvalue weighted by atomic mass is 35.5. The van der Waals surface area contributed by atoms with Crippen LogP contribution in [-0.4, -0.2) is 15.6 Å². The summed E-state index contributed by atoms with van der Waals surface area (Å²) in [5.41, 5.74) is -1.97. The van der Waals surface area contributed by atoms with Crippen molar-refractivity contribution in [1.82, 2.24) is 4.57 Å². The van der Waals surface area contributed by atoms with Crippen molar-refractivity contribution in [3.63, 3.8) is 0 Å². The number of carboxylic acid groups (broad SMARTS) is 1. The van der Waals surface area contributed by atoms with Crippen LogP contribution in [0.25, 0.3) is 16.6 Å². The molecule has 0 saturated heterocycles. The van der Waals surface area contributed by atoms with E-state index in [1.807, 2.05) is 0 Å². The number of halogens is 5. The average Bonchev–Trinajstić information content (AvgIpc) is 3.20. The van der Waals surface area contributed by atoms with E-state index < -0.39 is 62.5 Å². The number of carbonyl (C=O) groups is 1. The van der Waals surface area contributed by atoms with E-state index in [1.165, 1.54) is 4.90 Å². The zero-order chi connectivity index (χ0) is 24.3. The first kappa shape index (κ1) is 22.0. The molecule has 0 amide bonds. The summed E-state index contributed by atoms with van der Waals surface area (Å²) in [6.07, 6.45) is 0.740. The van der Waals surface area contributed by atoms with Crippen LogP contribution in [0.4, 0.5) is 23.2 Å². The standard InChI is InChI=1S/C24H13ClF4N2O3/c25-16-3-1-2-11-8-30(9-14(11)16)22-18(28)7-13-21(20(22)29)31(10-15(23(13)32)24(33)34)19-5-4-12(26)6-17(19)27/h1-7,10H,8-9H2,(H,33,34). The number of hydrogen-bond acceptors (Lipinski definition) is 3. The normalized spacial score (nSPS) is 12.9. The summed E-state index contributed by atoms with van der Waals surface area (Å²) < 4.78 is 60.0. The van der Waals surface area contributed by atoms with Crippen LogP contribution >= 0.6 is 11.6 Å². The fourth-order valence-electron chi connectivity index (χ4n) is 4.25. The van der Waals surface area contributed by atoms with Gasteiger partial charge >= 0.3 is 5.97 Å². The van der Waals surface area contributed by atoms with Gasteiger partial charge in [0.15, 0.2) is 5.82 Å². The molecule has 0 bridgehead atoms. The van der Waals surface area contributed by atoms with Gasteiger partial charge in [-0.25, -0.2) is 22.4 Å². The molecule has 1 N–H and O–H groups in total. The lowest BCUT2D eigenvalue weighted by atomic mass is 10.1. The number of carboxylic acids is 1. The summed E-state index contributed by atoms with van der Waals surface area (Å²) in [4.78, 5) is 25.7. The molecule has 0 atom stereocenters. The van der Waals surface area contributed by atoms with E-state index in [9.17, 15) is 23.5 Å². The summed E-state index contributed by atoms with van der Waals surface area (Å²) in [5, 5.41) is 9.26. The van der Waals surface area contributed by atoms with E-state index in [0.717, 1.165) is 34.5 Å². The summed E-state index contributed by atoms with van der Waals surface area (Å²) in [6, 6.07) is 8.24. The Morgan fingerprint density at radius 2 is 1.76 bits per heavy atom. The minimum absolute atomic E-state index is 0.0801. The SMILES string of the molecule is O=C(O)c1cn(-c2ccc(F)cc2F)c2c(F)c(N3Cc4cccc(Cl)c4C3)c(F)cc2c1=O. The summed E-state index contributed by atoms with van der Waals surface area (Å²) in [7, 11) is 0. The first-order valence-corrected chi connectivity index (χ1v) is 10.3. The van der Waals surface area contributed by atoms with Crippen LogP contribution in [0.15, 0.2) is 53.5 Å². The Morgan fingerprint density at radius 3 is 2.44 bits per heavy atom. The Morgan fingerprint density at radius 1 is 1.00 bits per heavy atom. The van der Waals surface area contributed by atoms with Crippen molar-refractivity contribution in [1.29, 1.82) is 0 Å². The smallest absolute Gasteiger partial charge is 0.341 e. The number of rotatable bonds is 3. The number of fused-ring (bicyclic) bond motifs is 2. The number of hydrogen-bond donors (Lipinski definition) is 1. The zero-order valence-corrected chi connectivity index (χ0v) is 17.8. The van der Waals surface area contributed by atoms with Crippen molar-refractivity contribution in [3.05, 3.63) is 104 Å². The Bertz CT molecular complexity index is 1590. The molecule has 4 aromatic rings. The van der Waals surface area contributed by atoms with Crippen LogP contribution in [0.3, 0.4) is 0 Å². The second-order valence-corrected chi connectivity index (χ2v) is 8.20. The minimum atomic E-state index is -1.67. The number of benzene rings is 3. The number of pyridine rings is 1. The molecule has 1 aromatic heterocycles. The lowest BCUT2D eigenvalue weighted by molar-refractivity contribution is 0.0695. The van der Waals surface area contributed by atoms with Crippen molar-refractivity contribution in [2.24, 2.45) is 0 Å². The van der Waals surface area contributed by atoms with E-state index in [4.69, 9.17) is 11.6 Å². The van der Waals surface area contributed by atoms with Gasteiger partial charge in [-0.15, -0.1) is 0 Å². The molecule has 2 heterocycles. The van der Waals surface area contributed by atoms with Crippen LogP contribution in [0, 0.1) is 23.3 Å². The van der Waals surface area contributed by atoms with Gasteiger partial charge in [0.1, 0.15) is 28.7 Å². The van der Waals surface area contributed by atoms with Gasteiger partial charge in [0.05, 0.1) is 16.6 Å². The molecule has 0 unspecified atom stereocenters. The van der Waals surface area contributed by atoms with Crippen LogP contribution in [0.5, 0.6) is 0 Å². The highest BCUT2D eigenvalue weighted by Crippen LogP contribution is 2.38. The molecule has 0 saturated carbocycles. The molecule has 172 valence electrons. The summed E-state index contributed by atoms with van der Waals surface area (Å²) >= 11 is 6.21. The van der Waals surface area contributed by atoms with Crippen LogP contribution in [0.2, 0.25) is 5.02 Å². The Hall–Kier alpha value is -3.85. The molecule has 3 aromatic carbocycles. The second kappa shape index (κ2) is 7.88. The molecule has 1 aliphatic heterocycles. The lowest BCUT2D eigenvalue weighted by Gasteiger charge is -2.22. The molecule has 1 aliphatic rings. The molecular weight excluding hydrogens is 476 g/mol. The van der Waals surface area contributed by atoms with E-state index in [1.54, 1.807) is 18.2 Å². The van der Waals surface area contributed by atoms with Crippen molar-refractivity contribution < 1.29 is 27.5 Å². The molecule has 5 rings (SSSR count). The van der Waals surface area contributed by atoms with Gasteiger partial charge < -0.3 is 14.6 Å². The Balaban J connectivity index is 1.82. The molecule has 0 fully saturated rings. The van der Waals surface area contributed by atoms with Gasteiger partial charge in [0.2, 0.25) is 5.43 Å². The number of nitrogens with zero attached hydrogens (tertiary/aromatic N) is 2. The maximum absolute atomic E-state index is 16.0.